The molecule has 0 aromatic carbocycles. The van der Waals surface area contributed by atoms with Crippen LogP contribution in [0.2, 0.25) is 0 Å². The first kappa shape index (κ1) is 12.6. The molecule has 6 heteroatoms. The highest BCUT2D eigenvalue weighted by molar-refractivity contribution is 7.98. The van der Waals surface area contributed by atoms with Crippen molar-refractivity contribution in [3.63, 3.8) is 0 Å². The molecule has 0 spiro atoms. The van der Waals surface area contributed by atoms with E-state index in [1.807, 2.05) is 0 Å². The second-order valence-corrected chi connectivity index (χ2v) is 5.71. The molecule has 0 unspecified atom stereocenters. The normalized spacial score (nSPS) is 11.3. The number of hydrogen-bond donors (Lipinski definition) is 1. The molecule has 2 aromatic heterocycles. The van der Waals surface area contributed by atoms with Gasteiger partial charge in [0, 0.05) is 11.8 Å². The van der Waals surface area contributed by atoms with Crippen molar-refractivity contribution in [1.82, 2.24) is 14.8 Å². The zero-order valence-electron chi connectivity index (χ0n) is 9.96. The topological polar surface area (TPSA) is 56.7 Å². The van der Waals surface area contributed by atoms with E-state index in [4.69, 9.17) is 5.73 Å². The van der Waals surface area contributed by atoms with Crippen molar-refractivity contribution < 1.29 is 0 Å². The van der Waals surface area contributed by atoms with Gasteiger partial charge in [-0.3, -0.25) is 0 Å². The maximum Gasteiger partial charge on any atom is 0.191 e. The molecule has 0 aliphatic rings. The van der Waals surface area contributed by atoms with E-state index >= 15 is 0 Å². The molecule has 92 valence electrons. The third-order valence-electron chi connectivity index (χ3n) is 2.38. The Kier molecular flexibility index (Phi) is 4.20. The minimum absolute atomic E-state index is 0.341. The lowest BCUT2D eigenvalue weighted by Crippen LogP contribution is -2.11. The molecule has 0 fully saturated rings. The van der Waals surface area contributed by atoms with Crippen LogP contribution in [0, 0.1) is 0 Å². The van der Waals surface area contributed by atoms with Crippen LogP contribution in [-0.4, -0.2) is 14.8 Å². The molecule has 2 heterocycles. The fraction of sp³-hybridized carbons (Fsp3) is 0.455. The molecule has 2 N–H and O–H groups in total. The Morgan fingerprint density at radius 3 is 2.88 bits per heavy atom. The van der Waals surface area contributed by atoms with E-state index in [9.17, 15) is 0 Å². The summed E-state index contributed by atoms with van der Waals surface area (Å²) >= 11 is 3.43. The van der Waals surface area contributed by atoms with Gasteiger partial charge in [-0.05, 0) is 36.2 Å². The lowest BCUT2D eigenvalue weighted by molar-refractivity contribution is 0.526. The largest absolute Gasteiger partial charge is 0.324 e. The third kappa shape index (κ3) is 2.88. The number of thioether (sulfide) groups is 1. The van der Waals surface area contributed by atoms with E-state index in [0.29, 0.717) is 12.6 Å². The molecule has 2 rings (SSSR count). The number of nitrogens with zero attached hydrogens (tertiary/aromatic N) is 3. The second-order valence-electron chi connectivity index (χ2n) is 3.99. The Morgan fingerprint density at radius 1 is 1.47 bits per heavy atom. The Balaban J connectivity index is 2.12. The van der Waals surface area contributed by atoms with Gasteiger partial charge >= 0.3 is 0 Å². The summed E-state index contributed by atoms with van der Waals surface area (Å²) in [5.74, 6) is 1.78. The summed E-state index contributed by atoms with van der Waals surface area (Å²) in [6.07, 6.45) is 0. The van der Waals surface area contributed by atoms with Gasteiger partial charge in [0.15, 0.2) is 5.16 Å². The Hall–Kier alpha value is -0.850. The van der Waals surface area contributed by atoms with Crippen molar-refractivity contribution >= 4 is 23.1 Å². The Labute approximate surface area is 109 Å². The van der Waals surface area contributed by atoms with Gasteiger partial charge in [0.05, 0.1) is 6.54 Å². The summed E-state index contributed by atoms with van der Waals surface area (Å²) in [4.78, 5) is 0. The van der Waals surface area contributed by atoms with E-state index in [1.165, 1.54) is 5.56 Å². The fourth-order valence-electron chi connectivity index (χ4n) is 1.59. The monoisotopic (exact) mass is 268 g/mol. The Morgan fingerprint density at radius 2 is 2.29 bits per heavy atom. The van der Waals surface area contributed by atoms with Crippen molar-refractivity contribution in [3.8, 4) is 0 Å². The first-order chi connectivity index (χ1) is 8.22. The summed E-state index contributed by atoms with van der Waals surface area (Å²) in [5.41, 5.74) is 6.99. The molecular weight excluding hydrogens is 252 g/mol. The lowest BCUT2D eigenvalue weighted by Gasteiger charge is -2.12. The van der Waals surface area contributed by atoms with Crippen LogP contribution < -0.4 is 5.73 Å². The minimum Gasteiger partial charge on any atom is -0.324 e. The molecule has 17 heavy (non-hydrogen) atoms. The van der Waals surface area contributed by atoms with Gasteiger partial charge in [-0.25, -0.2) is 0 Å². The van der Waals surface area contributed by atoms with Crippen molar-refractivity contribution in [2.45, 2.75) is 37.3 Å². The molecule has 0 saturated carbocycles. The molecule has 0 aliphatic carbocycles. The maximum atomic E-state index is 5.66. The molecular formula is C11H16N4S2. The third-order valence-corrected chi connectivity index (χ3v) is 4.13. The van der Waals surface area contributed by atoms with Gasteiger partial charge in [0.25, 0.3) is 0 Å². The summed E-state index contributed by atoms with van der Waals surface area (Å²) in [5, 5.41) is 13.5. The standard InChI is InChI=1S/C11H16N4S2/c1-8(2)15-10(5-12)13-14-11(15)17-7-9-3-4-16-6-9/h3-4,6,8H,5,7,12H2,1-2H3. The summed E-state index contributed by atoms with van der Waals surface area (Å²) in [7, 11) is 0. The molecule has 0 amide bonds. The van der Waals surface area contributed by atoms with Crippen molar-refractivity contribution in [2.24, 2.45) is 5.73 Å². The van der Waals surface area contributed by atoms with Crippen LogP contribution in [0.15, 0.2) is 22.0 Å². The van der Waals surface area contributed by atoms with Crippen molar-refractivity contribution in [1.29, 1.82) is 0 Å². The van der Waals surface area contributed by atoms with E-state index in [0.717, 1.165) is 16.7 Å². The highest BCUT2D eigenvalue weighted by Crippen LogP contribution is 2.25. The van der Waals surface area contributed by atoms with E-state index < -0.39 is 0 Å². The van der Waals surface area contributed by atoms with Crippen LogP contribution in [0.1, 0.15) is 31.3 Å². The second kappa shape index (κ2) is 5.66. The quantitative estimate of drug-likeness (QED) is 0.847. The van der Waals surface area contributed by atoms with Gasteiger partial charge < -0.3 is 10.3 Å². The number of nitrogens with two attached hydrogens (primary N) is 1. The molecule has 0 bridgehead atoms. The van der Waals surface area contributed by atoms with Gasteiger partial charge in [-0.1, -0.05) is 11.8 Å². The lowest BCUT2D eigenvalue weighted by atomic mass is 10.4. The summed E-state index contributed by atoms with van der Waals surface area (Å²) in [6, 6.07) is 2.48. The Bertz CT molecular complexity index is 462. The highest BCUT2D eigenvalue weighted by Gasteiger charge is 2.13. The highest BCUT2D eigenvalue weighted by atomic mass is 32.2. The van der Waals surface area contributed by atoms with Crippen molar-refractivity contribution in [3.05, 3.63) is 28.2 Å². The number of rotatable bonds is 5. The van der Waals surface area contributed by atoms with Gasteiger partial charge in [-0.2, -0.15) is 11.3 Å². The van der Waals surface area contributed by atoms with Crippen molar-refractivity contribution in [2.75, 3.05) is 0 Å². The zero-order valence-corrected chi connectivity index (χ0v) is 11.6. The van der Waals surface area contributed by atoms with E-state index in [1.54, 1.807) is 23.1 Å². The smallest absolute Gasteiger partial charge is 0.191 e. The van der Waals surface area contributed by atoms with Crippen LogP contribution in [-0.2, 0) is 12.3 Å². The maximum absolute atomic E-state index is 5.66. The van der Waals surface area contributed by atoms with E-state index in [-0.39, 0.29) is 0 Å². The first-order valence-electron chi connectivity index (χ1n) is 5.50. The summed E-state index contributed by atoms with van der Waals surface area (Å²) in [6.45, 7) is 4.68. The van der Waals surface area contributed by atoms with Crippen LogP contribution in [0.3, 0.4) is 0 Å². The zero-order chi connectivity index (χ0) is 12.3. The van der Waals surface area contributed by atoms with Crippen LogP contribution in [0.4, 0.5) is 0 Å². The number of thiophene rings is 1. The predicted molar refractivity (Wildman–Crippen MR) is 72.2 cm³/mol. The van der Waals surface area contributed by atoms with Crippen LogP contribution in [0.25, 0.3) is 0 Å². The molecule has 0 atom stereocenters. The van der Waals surface area contributed by atoms with Crippen LogP contribution >= 0.6 is 23.1 Å². The molecule has 0 saturated heterocycles. The fourth-order valence-corrected chi connectivity index (χ4v) is 3.39. The predicted octanol–water partition coefficient (Wildman–Crippen LogP) is 2.67. The molecule has 2 aromatic rings. The van der Waals surface area contributed by atoms with Gasteiger partial charge in [0.2, 0.25) is 0 Å². The number of aromatic nitrogens is 3. The molecule has 0 aliphatic heterocycles. The van der Waals surface area contributed by atoms with E-state index in [2.05, 4.69) is 45.4 Å². The molecule has 0 radical (unpaired) electrons. The SMILES string of the molecule is CC(C)n1c(CN)nnc1SCc1ccsc1. The summed E-state index contributed by atoms with van der Waals surface area (Å²) < 4.78 is 2.11. The van der Waals surface area contributed by atoms with Gasteiger partial charge in [0.1, 0.15) is 5.82 Å². The minimum atomic E-state index is 0.341. The van der Waals surface area contributed by atoms with Gasteiger partial charge in [-0.15, -0.1) is 10.2 Å². The number of hydrogen-bond acceptors (Lipinski definition) is 5. The average Bonchev–Trinajstić information content (AvgIpc) is 2.95. The molecule has 4 nitrogen and oxygen atoms in total. The first-order valence-corrected chi connectivity index (χ1v) is 7.43. The average molecular weight is 268 g/mol. The van der Waals surface area contributed by atoms with Crippen LogP contribution in [0.5, 0.6) is 0 Å².